The minimum absolute atomic E-state index is 0.0441. The molecule has 1 heterocycles. The first-order valence-electron chi connectivity index (χ1n) is 6.63. The van der Waals surface area contributed by atoms with Crippen LogP contribution < -0.4 is 5.32 Å². The zero-order valence-corrected chi connectivity index (χ0v) is 11.2. The standard InChI is InChI=1S/C17H15NO2/c1-11-6-7-13(10-19)14(8-11)15-9-12-4-2-3-5-16(12)18-17(15)20/h2-8,10,15H,9H2,1H3,(H,18,20). The molecule has 1 aliphatic rings. The second kappa shape index (κ2) is 4.93. The van der Waals surface area contributed by atoms with Crippen LogP contribution in [0.3, 0.4) is 0 Å². The van der Waals surface area contributed by atoms with Crippen molar-refractivity contribution in [2.24, 2.45) is 0 Å². The van der Waals surface area contributed by atoms with Crippen molar-refractivity contribution in [3.8, 4) is 0 Å². The van der Waals surface area contributed by atoms with E-state index in [4.69, 9.17) is 0 Å². The molecule has 0 spiro atoms. The van der Waals surface area contributed by atoms with Gasteiger partial charge in [0, 0.05) is 11.3 Å². The Bertz CT molecular complexity index is 691. The highest BCUT2D eigenvalue weighted by molar-refractivity contribution is 6.00. The van der Waals surface area contributed by atoms with Crippen molar-refractivity contribution >= 4 is 17.9 Å². The van der Waals surface area contributed by atoms with E-state index >= 15 is 0 Å². The van der Waals surface area contributed by atoms with Crippen LogP contribution in [0.1, 0.15) is 33.0 Å². The van der Waals surface area contributed by atoms with Crippen molar-refractivity contribution in [3.63, 3.8) is 0 Å². The van der Waals surface area contributed by atoms with Crippen LogP contribution >= 0.6 is 0 Å². The Balaban J connectivity index is 2.06. The molecule has 1 N–H and O–H groups in total. The molecule has 0 bridgehead atoms. The lowest BCUT2D eigenvalue weighted by Crippen LogP contribution is -2.29. The van der Waals surface area contributed by atoms with E-state index in [0.717, 1.165) is 28.7 Å². The van der Waals surface area contributed by atoms with Gasteiger partial charge in [-0.3, -0.25) is 9.59 Å². The molecule has 0 aromatic heterocycles. The normalized spacial score (nSPS) is 17.2. The van der Waals surface area contributed by atoms with Crippen molar-refractivity contribution < 1.29 is 9.59 Å². The van der Waals surface area contributed by atoms with E-state index < -0.39 is 0 Å². The van der Waals surface area contributed by atoms with Gasteiger partial charge in [-0.2, -0.15) is 0 Å². The Kier molecular flexibility index (Phi) is 3.11. The number of aldehydes is 1. The van der Waals surface area contributed by atoms with E-state index in [-0.39, 0.29) is 11.8 Å². The molecule has 3 rings (SSSR count). The molecule has 1 atom stereocenters. The highest BCUT2D eigenvalue weighted by atomic mass is 16.2. The van der Waals surface area contributed by atoms with Gasteiger partial charge in [0.2, 0.25) is 5.91 Å². The molecule has 20 heavy (non-hydrogen) atoms. The molecular formula is C17H15NO2. The number of rotatable bonds is 2. The monoisotopic (exact) mass is 265 g/mol. The molecule has 3 nitrogen and oxygen atoms in total. The fourth-order valence-corrected chi connectivity index (χ4v) is 2.71. The maximum atomic E-state index is 12.3. The fraction of sp³-hybridized carbons (Fsp3) is 0.176. The van der Waals surface area contributed by atoms with Crippen molar-refractivity contribution in [1.82, 2.24) is 0 Å². The van der Waals surface area contributed by atoms with Crippen molar-refractivity contribution in [1.29, 1.82) is 0 Å². The van der Waals surface area contributed by atoms with Gasteiger partial charge >= 0.3 is 0 Å². The SMILES string of the molecule is Cc1ccc(C=O)c(C2Cc3ccccc3NC2=O)c1. The summed E-state index contributed by atoms with van der Waals surface area (Å²) < 4.78 is 0. The van der Waals surface area contributed by atoms with E-state index in [9.17, 15) is 9.59 Å². The molecule has 0 saturated carbocycles. The predicted octanol–water partition coefficient (Wildman–Crippen LogP) is 3.09. The number of benzene rings is 2. The van der Waals surface area contributed by atoms with E-state index in [1.165, 1.54) is 0 Å². The average molecular weight is 265 g/mol. The lowest BCUT2D eigenvalue weighted by Gasteiger charge is -2.26. The summed E-state index contributed by atoms with van der Waals surface area (Å²) >= 11 is 0. The maximum Gasteiger partial charge on any atom is 0.232 e. The molecule has 0 aliphatic carbocycles. The largest absolute Gasteiger partial charge is 0.325 e. The molecule has 1 unspecified atom stereocenters. The van der Waals surface area contributed by atoms with Crippen molar-refractivity contribution in [3.05, 3.63) is 64.7 Å². The summed E-state index contributed by atoms with van der Waals surface area (Å²) in [7, 11) is 0. The van der Waals surface area contributed by atoms with E-state index in [2.05, 4.69) is 5.32 Å². The van der Waals surface area contributed by atoms with Gasteiger partial charge in [0.15, 0.2) is 0 Å². The Labute approximate surface area is 117 Å². The Morgan fingerprint density at radius 1 is 1.20 bits per heavy atom. The molecule has 2 aromatic carbocycles. The summed E-state index contributed by atoms with van der Waals surface area (Å²) in [5.74, 6) is -0.345. The maximum absolute atomic E-state index is 12.3. The lowest BCUT2D eigenvalue weighted by molar-refractivity contribution is -0.117. The third kappa shape index (κ3) is 2.11. The predicted molar refractivity (Wildman–Crippen MR) is 78.1 cm³/mol. The zero-order valence-electron chi connectivity index (χ0n) is 11.2. The number of hydrogen-bond donors (Lipinski definition) is 1. The van der Waals surface area contributed by atoms with Crippen LogP contribution in [-0.4, -0.2) is 12.2 Å². The number of fused-ring (bicyclic) bond motifs is 1. The Morgan fingerprint density at radius 2 is 2.00 bits per heavy atom. The number of nitrogens with one attached hydrogen (secondary N) is 1. The van der Waals surface area contributed by atoms with Gasteiger partial charge in [0.25, 0.3) is 0 Å². The van der Waals surface area contributed by atoms with E-state index in [0.29, 0.717) is 12.0 Å². The van der Waals surface area contributed by atoms with Crippen LogP contribution in [0, 0.1) is 6.92 Å². The summed E-state index contributed by atoms with van der Waals surface area (Å²) in [6, 6.07) is 13.4. The fourth-order valence-electron chi connectivity index (χ4n) is 2.71. The number of carbonyl (C=O) groups is 2. The van der Waals surface area contributed by atoms with Crippen LogP contribution in [0.2, 0.25) is 0 Å². The smallest absolute Gasteiger partial charge is 0.232 e. The van der Waals surface area contributed by atoms with Crippen LogP contribution in [0.15, 0.2) is 42.5 Å². The summed E-state index contributed by atoms with van der Waals surface area (Å²) in [6.07, 6.45) is 1.45. The molecule has 1 amide bonds. The second-order valence-electron chi connectivity index (χ2n) is 5.15. The first-order valence-corrected chi connectivity index (χ1v) is 6.63. The molecule has 0 fully saturated rings. The molecule has 1 aliphatic heterocycles. The van der Waals surface area contributed by atoms with Crippen LogP contribution in [0.4, 0.5) is 5.69 Å². The third-order valence-electron chi connectivity index (χ3n) is 3.76. The van der Waals surface area contributed by atoms with E-state index in [1.54, 1.807) is 6.07 Å². The summed E-state index contributed by atoms with van der Waals surface area (Å²) in [6.45, 7) is 1.97. The summed E-state index contributed by atoms with van der Waals surface area (Å²) in [4.78, 5) is 23.5. The number of hydrogen-bond acceptors (Lipinski definition) is 2. The number of carbonyl (C=O) groups excluding carboxylic acids is 2. The van der Waals surface area contributed by atoms with Gasteiger partial charge < -0.3 is 5.32 Å². The van der Waals surface area contributed by atoms with Gasteiger partial charge in [-0.05, 0) is 30.5 Å². The second-order valence-corrected chi connectivity index (χ2v) is 5.15. The number of anilines is 1. The van der Waals surface area contributed by atoms with Crippen LogP contribution in [0.25, 0.3) is 0 Å². The van der Waals surface area contributed by atoms with Crippen molar-refractivity contribution in [2.45, 2.75) is 19.3 Å². The van der Waals surface area contributed by atoms with Crippen LogP contribution in [-0.2, 0) is 11.2 Å². The number of amides is 1. The zero-order chi connectivity index (χ0) is 14.1. The Morgan fingerprint density at radius 3 is 2.80 bits per heavy atom. The highest BCUT2D eigenvalue weighted by Gasteiger charge is 2.28. The number of aryl methyl sites for hydroxylation is 1. The third-order valence-corrected chi connectivity index (χ3v) is 3.76. The lowest BCUT2D eigenvalue weighted by atomic mass is 9.84. The molecule has 0 saturated heterocycles. The molecular weight excluding hydrogens is 250 g/mol. The average Bonchev–Trinajstić information content (AvgIpc) is 2.46. The quantitative estimate of drug-likeness (QED) is 0.848. The molecule has 3 heteroatoms. The van der Waals surface area contributed by atoms with Gasteiger partial charge in [-0.1, -0.05) is 42.0 Å². The van der Waals surface area contributed by atoms with Gasteiger partial charge in [0.1, 0.15) is 6.29 Å². The van der Waals surface area contributed by atoms with Gasteiger partial charge in [-0.25, -0.2) is 0 Å². The van der Waals surface area contributed by atoms with Gasteiger partial charge in [-0.15, -0.1) is 0 Å². The summed E-state index contributed by atoms with van der Waals surface area (Å²) in [5.41, 5.74) is 4.43. The molecule has 100 valence electrons. The summed E-state index contributed by atoms with van der Waals surface area (Å²) in [5, 5.41) is 2.92. The first kappa shape index (κ1) is 12.6. The highest BCUT2D eigenvalue weighted by Crippen LogP contribution is 2.32. The van der Waals surface area contributed by atoms with Gasteiger partial charge in [0.05, 0.1) is 5.92 Å². The minimum atomic E-state index is -0.301. The molecule has 2 aromatic rings. The van der Waals surface area contributed by atoms with E-state index in [1.807, 2.05) is 43.3 Å². The Hall–Kier alpha value is -2.42. The van der Waals surface area contributed by atoms with Crippen LogP contribution in [0.5, 0.6) is 0 Å². The van der Waals surface area contributed by atoms with Crippen molar-refractivity contribution in [2.75, 3.05) is 5.32 Å². The first-order chi connectivity index (χ1) is 9.69. The minimum Gasteiger partial charge on any atom is -0.325 e. The topological polar surface area (TPSA) is 46.2 Å². The number of para-hydroxylation sites is 1. The molecule has 0 radical (unpaired) electrons.